The summed E-state index contributed by atoms with van der Waals surface area (Å²) in [5, 5.41) is 2.73. The van der Waals surface area contributed by atoms with Gasteiger partial charge in [-0.05, 0) is 49.7 Å². The summed E-state index contributed by atoms with van der Waals surface area (Å²) in [5.41, 5.74) is 1.05. The van der Waals surface area contributed by atoms with E-state index < -0.39 is 6.10 Å². The second kappa shape index (κ2) is 7.54. The number of amides is 1. The lowest BCUT2D eigenvalue weighted by atomic mass is 10.1. The zero-order valence-electron chi connectivity index (χ0n) is 13.0. The van der Waals surface area contributed by atoms with Gasteiger partial charge in [-0.25, -0.2) is 4.39 Å². The minimum Gasteiger partial charge on any atom is -0.481 e. The van der Waals surface area contributed by atoms with E-state index in [4.69, 9.17) is 4.74 Å². The lowest BCUT2D eigenvalue weighted by Crippen LogP contribution is -2.32. The van der Waals surface area contributed by atoms with Crippen LogP contribution in [0.5, 0.6) is 5.75 Å². The Hall–Kier alpha value is -2.69. The summed E-state index contributed by atoms with van der Waals surface area (Å²) in [6, 6.07) is 12.2. The summed E-state index contributed by atoms with van der Waals surface area (Å²) in [4.78, 5) is 23.7. The molecule has 1 atom stereocenters. The number of hydrogen-bond acceptors (Lipinski definition) is 3. The van der Waals surface area contributed by atoms with Crippen molar-refractivity contribution >= 4 is 17.4 Å². The van der Waals surface area contributed by atoms with Gasteiger partial charge in [0, 0.05) is 11.3 Å². The number of hydrogen-bond donors (Lipinski definition) is 1. The molecule has 0 aliphatic carbocycles. The van der Waals surface area contributed by atoms with Crippen molar-refractivity contribution in [2.24, 2.45) is 0 Å². The molecule has 0 aliphatic rings. The third-order valence-electron chi connectivity index (χ3n) is 3.29. The Kier molecular flexibility index (Phi) is 5.46. The zero-order valence-corrected chi connectivity index (χ0v) is 13.0. The highest BCUT2D eigenvalue weighted by atomic mass is 19.1. The Morgan fingerprint density at radius 3 is 2.48 bits per heavy atom. The molecule has 5 heteroatoms. The first kappa shape index (κ1) is 16.7. The maximum Gasteiger partial charge on any atom is 0.265 e. The van der Waals surface area contributed by atoms with Gasteiger partial charge in [-0.2, -0.15) is 0 Å². The molecule has 0 saturated carbocycles. The van der Waals surface area contributed by atoms with E-state index in [1.54, 1.807) is 24.3 Å². The predicted octanol–water partition coefficient (Wildman–Crippen LogP) is 3.82. The van der Waals surface area contributed by atoms with Gasteiger partial charge < -0.3 is 10.1 Å². The van der Waals surface area contributed by atoms with Crippen molar-refractivity contribution in [1.82, 2.24) is 0 Å². The Morgan fingerprint density at radius 2 is 1.87 bits per heavy atom. The average molecular weight is 315 g/mol. The van der Waals surface area contributed by atoms with Crippen molar-refractivity contribution < 1.29 is 18.7 Å². The van der Waals surface area contributed by atoms with E-state index in [9.17, 15) is 14.0 Å². The number of carbonyl (C=O) groups excluding carboxylic acids is 2. The highest BCUT2D eigenvalue weighted by Gasteiger charge is 2.18. The number of ether oxygens (including phenoxy) is 1. The van der Waals surface area contributed by atoms with Gasteiger partial charge in [-0.3, -0.25) is 9.59 Å². The van der Waals surface area contributed by atoms with Crippen molar-refractivity contribution in [3.63, 3.8) is 0 Å². The van der Waals surface area contributed by atoms with Gasteiger partial charge in [-0.15, -0.1) is 0 Å². The Balaban J connectivity index is 2.06. The van der Waals surface area contributed by atoms with E-state index in [0.29, 0.717) is 23.4 Å². The van der Waals surface area contributed by atoms with Crippen LogP contribution < -0.4 is 10.1 Å². The van der Waals surface area contributed by atoms with Crippen LogP contribution in [0, 0.1) is 5.82 Å². The summed E-state index contributed by atoms with van der Waals surface area (Å²) in [6.07, 6.45) is -0.253. The molecule has 0 heterocycles. The Morgan fingerprint density at radius 1 is 1.17 bits per heavy atom. The average Bonchev–Trinajstić information content (AvgIpc) is 2.54. The van der Waals surface area contributed by atoms with Crippen LogP contribution in [0.1, 0.15) is 30.6 Å². The van der Waals surface area contributed by atoms with Crippen molar-refractivity contribution in [2.75, 3.05) is 5.32 Å². The van der Waals surface area contributed by atoms with E-state index >= 15 is 0 Å². The monoisotopic (exact) mass is 315 g/mol. The van der Waals surface area contributed by atoms with Crippen LogP contribution in [-0.4, -0.2) is 17.8 Å². The van der Waals surface area contributed by atoms with Gasteiger partial charge in [0.1, 0.15) is 11.6 Å². The van der Waals surface area contributed by atoms with E-state index in [1.165, 1.54) is 31.2 Å². The maximum absolute atomic E-state index is 12.9. The molecule has 2 rings (SSSR count). The Bertz CT molecular complexity index is 698. The number of anilines is 1. The number of benzene rings is 2. The molecule has 0 unspecified atom stereocenters. The van der Waals surface area contributed by atoms with E-state index in [-0.39, 0.29) is 17.5 Å². The third-order valence-corrected chi connectivity index (χ3v) is 3.29. The molecule has 23 heavy (non-hydrogen) atoms. The fraction of sp³-hybridized carbons (Fsp3) is 0.222. The van der Waals surface area contributed by atoms with E-state index in [2.05, 4.69) is 5.32 Å². The van der Waals surface area contributed by atoms with Crippen LogP contribution in [0.2, 0.25) is 0 Å². The minimum atomic E-state index is -0.707. The number of halogens is 1. The minimum absolute atomic E-state index is 0.0734. The number of ketones is 1. The number of carbonyl (C=O) groups is 2. The van der Waals surface area contributed by atoms with Gasteiger partial charge in [0.05, 0.1) is 0 Å². The predicted molar refractivity (Wildman–Crippen MR) is 86.2 cm³/mol. The highest BCUT2D eigenvalue weighted by molar-refractivity contribution is 5.98. The quantitative estimate of drug-likeness (QED) is 0.824. The Labute approximate surface area is 134 Å². The second-order valence-corrected chi connectivity index (χ2v) is 5.09. The molecule has 0 radical (unpaired) electrons. The molecular weight excluding hydrogens is 297 g/mol. The van der Waals surface area contributed by atoms with Crippen LogP contribution in [0.15, 0.2) is 48.5 Å². The molecule has 0 saturated heterocycles. The summed E-state index contributed by atoms with van der Waals surface area (Å²) in [7, 11) is 0. The molecule has 1 amide bonds. The van der Waals surface area contributed by atoms with Gasteiger partial charge in [-0.1, -0.05) is 19.1 Å². The lowest BCUT2D eigenvalue weighted by Gasteiger charge is -2.17. The molecule has 2 aromatic carbocycles. The van der Waals surface area contributed by atoms with Crippen LogP contribution in [0.25, 0.3) is 0 Å². The molecule has 0 fully saturated rings. The lowest BCUT2D eigenvalue weighted by molar-refractivity contribution is -0.122. The van der Waals surface area contributed by atoms with Crippen LogP contribution in [0.3, 0.4) is 0 Å². The summed E-state index contributed by atoms with van der Waals surface area (Å²) in [6.45, 7) is 3.28. The topological polar surface area (TPSA) is 55.4 Å². The van der Waals surface area contributed by atoms with Gasteiger partial charge in [0.2, 0.25) is 0 Å². The molecule has 0 aliphatic heterocycles. The van der Waals surface area contributed by atoms with Gasteiger partial charge in [0.15, 0.2) is 11.9 Å². The van der Waals surface area contributed by atoms with Crippen LogP contribution in [0.4, 0.5) is 10.1 Å². The van der Waals surface area contributed by atoms with Gasteiger partial charge in [0.25, 0.3) is 5.91 Å². The molecule has 0 aromatic heterocycles. The third kappa shape index (κ3) is 4.64. The number of Topliss-reactive ketones (excluding diaryl/α,β-unsaturated/α-hetero) is 1. The largest absolute Gasteiger partial charge is 0.481 e. The number of rotatable bonds is 6. The SMILES string of the molecule is CC[C@@H](Oc1ccc(F)cc1)C(=O)Nc1cccc(C(C)=O)c1. The van der Waals surface area contributed by atoms with Crippen LogP contribution >= 0.6 is 0 Å². The first-order valence-corrected chi connectivity index (χ1v) is 7.33. The molecule has 0 spiro atoms. The van der Waals surface area contributed by atoms with Gasteiger partial charge >= 0.3 is 0 Å². The first-order valence-electron chi connectivity index (χ1n) is 7.33. The zero-order chi connectivity index (χ0) is 16.8. The maximum atomic E-state index is 12.9. The normalized spacial score (nSPS) is 11.6. The van der Waals surface area contributed by atoms with Crippen LogP contribution in [-0.2, 0) is 4.79 Å². The first-order chi connectivity index (χ1) is 11.0. The fourth-order valence-electron chi connectivity index (χ4n) is 2.04. The summed E-state index contributed by atoms with van der Waals surface area (Å²) < 4.78 is 18.5. The molecular formula is C18H18FNO3. The molecule has 0 bridgehead atoms. The van der Waals surface area contributed by atoms with Crippen molar-refractivity contribution in [1.29, 1.82) is 0 Å². The fourth-order valence-corrected chi connectivity index (χ4v) is 2.04. The standard InChI is InChI=1S/C18H18FNO3/c1-3-17(23-16-9-7-14(19)8-10-16)18(22)20-15-6-4-5-13(11-15)12(2)21/h4-11,17H,3H2,1-2H3,(H,20,22)/t17-/m1/s1. The number of nitrogens with one attached hydrogen (secondary N) is 1. The summed E-state index contributed by atoms with van der Waals surface area (Å²) in [5.74, 6) is -0.338. The van der Waals surface area contributed by atoms with E-state index in [0.717, 1.165) is 0 Å². The van der Waals surface area contributed by atoms with E-state index in [1.807, 2.05) is 6.92 Å². The van der Waals surface area contributed by atoms with Crippen molar-refractivity contribution in [3.8, 4) is 5.75 Å². The second-order valence-electron chi connectivity index (χ2n) is 5.09. The molecule has 120 valence electrons. The smallest absolute Gasteiger partial charge is 0.265 e. The van der Waals surface area contributed by atoms with Crippen molar-refractivity contribution in [2.45, 2.75) is 26.4 Å². The van der Waals surface area contributed by atoms with Crippen molar-refractivity contribution in [3.05, 3.63) is 59.9 Å². The molecule has 1 N–H and O–H groups in total. The molecule has 2 aromatic rings. The highest BCUT2D eigenvalue weighted by Crippen LogP contribution is 2.16. The summed E-state index contributed by atoms with van der Waals surface area (Å²) >= 11 is 0. The molecule has 4 nitrogen and oxygen atoms in total.